The van der Waals surface area contributed by atoms with Crippen LogP contribution in [0.15, 0.2) is 11.6 Å². The molecule has 0 radical (unpaired) electrons. The van der Waals surface area contributed by atoms with E-state index in [0.717, 1.165) is 12.8 Å². The fourth-order valence-corrected chi connectivity index (χ4v) is 4.35. The Bertz CT molecular complexity index is 329. The monoisotopic (exact) mass is 291 g/mol. The summed E-state index contributed by atoms with van der Waals surface area (Å²) in [7, 11) is 0. The van der Waals surface area contributed by atoms with Gasteiger partial charge in [0.1, 0.15) is 0 Å². The molecule has 106 valence electrons. The quantitative estimate of drug-likeness (QED) is 0.567. The summed E-state index contributed by atoms with van der Waals surface area (Å²) < 4.78 is 11.3. The van der Waals surface area contributed by atoms with Crippen LogP contribution in [-0.4, -0.2) is 19.3 Å². The third-order valence-electron chi connectivity index (χ3n) is 2.96. The van der Waals surface area contributed by atoms with Crippen LogP contribution in [0.2, 0.25) is 0 Å². The van der Waals surface area contributed by atoms with Crippen molar-refractivity contribution in [2.75, 3.05) is 13.2 Å². The molecule has 1 aliphatic rings. The molecule has 0 saturated carbocycles. The van der Waals surface area contributed by atoms with Crippen LogP contribution in [-0.2, 0) is 20.9 Å². The third kappa shape index (κ3) is 6.44. The van der Waals surface area contributed by atoms with E-state index in [1.54, 1.807) is 0 Å². The van der Waals surface area contributed by atoms with Crippen molar-refractivity contribution in [3.63, 3.8) is 0 Å². The zero-order valence-electron chi connectivity index (χ0n) is 11.9. The summed E-state index contributed by atoms with van der Waals surface area (Å²) in [5, 5.41) is 3.23. The molecule has 1 N–H and O–H groups in total. The summed E-state index contributed by atoms with van der Waals surface area (Å²) in [6.45, 7) is 7.84. The van der Waals surface area contributed by atoms with E-state index in [2.05, 4.69) is 38.9 Å². The van der Waals surface area contributed by atoms with E-state index in [0.29, 0.717) is 25.2 Å². The average molecular weight is 291 g/mol. The first-order valence-corrected chi connectivity index (χ1v) is 9.35. The number of hydrogen-bond acceptors (Lipinski definition) is 3. The molecule has 0 amide bonds. The average Bonchev–Trinajstić information content (AvgIpc) is 2.58. The molecular weight excluding hydrogens is 265 g/mol. The minimum absolute atomic E-state index is 0.325. The highest BCUT2D eigenvalue weighted by Gasteiger charge is 2.29. The second-order valence-electron chi connectivity index (χ2n) is 5.41. The first-order chi connectivity index (χ1) is 8.41. The van der Waals surface area contributed by atoms with E-state index in [4.69, 9.17) is 20.9 Å². The normalized spacial score (nSPS) is 29.2. The maximum absolute atomic E-state index is 5.74. The van der Waals surface area contributed by atoms with E-state index in [9.17, 15) is 0 Å². The molecule has 18 heavy (non-hydrogen) atoms. The van der Waals surface area contributed by atoms with Crippen molar-refractivity contribution < 1.29 is 9.05 Å². The second kappa shape index (κ2) is 7.76. The fourth-order valence-electron chi connectivity index (χ4n) is 1.80. The van der Waals surface area contributed by atoms with Gasteiger partial charge in [-0.1, -0.05) is 18.6 Å². The van der Waals surface area contributed by atoms with Gasteiger partial charge in [-0.05, 0) is 57.8 Å². The van der Waals surface area contributed by atoms with Gasteiger partial charge in [0.15, 0.2) is 0 Å². The van der Waals surface area contributed by atoms with Crippen molar-refractivity contribution >= 4 is 18.4 Å². The van der Waals surface area contributed by atoms with Crippen molar-refractivity contribution in [3.05, 3.63) is 11.6 Å². The first-order valence-electron chi connectivity index (χ1n) is 6.71. The summed E-state index contributed by atoms with van der Waals surface area (Å²) in [5.41, 5.74) is 1.39. The fraction of sp³-hybridized carbons (Fsp3) is 0.846. The van der Waals surface area contributed by atoms with E-state index >= 15 is 0 Å². The molecule has 1 fully saturated rings. The maximum Gasteiger partial charge on any atom is 0.261 e. The van der Waals surface area contributed by atoms with Gasteiger partial charge in [-0.15, -0.1) is 0 Å². The standard InChI is InChI=1S/C13H26NO2PS/c1-11(2)6-5-7-12(3)8-9-15-17(18)14-13(4)10-16-17/h6,12-13H,5,7-10H2,1-4H3,(H,14,18)/t12?,13-,17?/m0/s1. The van der Waals surface area contributed by atoms with Crippen molar-refractivity contribution in [1.82, 2.24) is 5.09 Å². The Morgan fingerprint density at radius 3 is 2.83 bits per heavy atom. The summed E-state index contributed by atoms with van der Waals surface area (Å²) >= 11 is 5.36. The van der Waals surface area contributed by atoms with Crippen molar-refractivity contribution in [1.29, 1.82) is 0 Å². The van der Waals surface area contributed by atoms with Gasteiger partial charge in [0.25, 0.3) is 6.64 Å². The molecule has 3 atom stereocenters. The van der Waals surface area contributed by atoms with Gasteiger partial charge in [0, 0.05) is 6.04 Å². The van der Waals surface area contributed by atoms with Gasteiger partial charge < -0.3 is 9.05 Å². The molecule has 0 spiro atoms. The predicted octanol–water partition coefficient (Wildman–Crippen LogP) is 4.01. The molecule has 1 aliphatic heterocycles. The van der Waals surface area contributed by atoms with E-state index in [-0.39, 0.29) is 0 Å². The van der Waals surface area contributed by atoms with Gasteiger partial charge >= 0.3 is 0 Å². The number of allylic oxidation sites excluding steroid dienone is 2. The zero-order chi connectivity index (χ0) is 13.6. The largest absolute Gasteiger partial charge is 0.318 e. The molecule has 5 heteroatoms. The Morgan fingerprint density at radius 2 is 2.28 bits per heavy atom. The highest BCUT2D eigenvalue weighted by atomic mass is 32.5. The van der Waals surface area contributed by atoms with Crippen LogP contribution < -0.4 is 5.09 Å². The van der Waals surface area contributed by atoms with Crippen molar-refractivity contribution in [2.45, 2.75) is 53.0 Å². The summed E-state index contributed by atoms with van der Waals surface area (Å²) in [6.07, 6.45) is 5.71. The van der Waals surface area contributed by atoms with E-state index < -0.39 is 6.64 Å². The van der Waals surface area contributed by atoms with Crippen LogP contribution >= 0.6 is 6.64 Å². The Kier molecular flexibility index (Phi) is 7.04. The minimum atomic E-state index is -2.15. The molecule has 1 rings (SSSR count). The lowest BCUT2D eigenvalue weighted by Gasteiger charge is -2.17. The summed E-state index contributed by atoms with van der Waals surface area (Å²) in [4.78, 5) is 0. The molecular formula is C13H26NO2PS. The number of nitrogens with one attached hydrogen (secondary N) is 1. The summed E-state index contributed by atoms with van der Waals surface area (Å²) in [6, 6.07) is 0.325. The Hall–Kier alpha value is 0.270. The van der Waals surface area contributed by atoms with E-state index in [1.165, 1.54) is 12.0 Å². The highest BCUT2D eigenvalue weighted by Crippen LogP contribution is 2.48. The molecule has 0 aromatic heterocycles. The molecule has 3 nitrogen and oxygen atoms in total. The second-order valence-corrected chi connectivity index (χ2v) is 8.62. The van der Waals surface area contributed by atoms with Crippen LogP contribution in [0.25, 0.3) is 0 Å². The highest BCUT2D eigenvalue weighted by molar-refractivity contribution is 8.09. The van der Waals surface area contributed by atoms with E-state index in [1.807, 2.05) is 0 Å². The molecule has 0 aromatic rings. The maximum atomic E-state index is 5.74. The first kappa shape index (κ1) is 16.3. The van der Waals surface area contributed by atoms with Crippen LogP contribution in [0.1, 0.15) is 47.0 Å². The smallest absolute Gasteiger partial charge is 0.261 e. The lowest BCUT2D eigenvalue weighted by Crippen LogP contribution is -2.17. The van der Waals surface area contributed by atoms with Gasteiger partial charge in [-0.25, -0.2) is 5.09 Å². The molecule has 1 saturated heterocycles. The molecule has 0 aromatic carbocycles. The lowest BCUT2D eigenvalue weighted by atomic mass is 10.0. The molecule has 0 aliphatic carbocycles. The Labute approximate surface area is 117 Å². The topological polar surface area (TPSA) is 30.5 Å². The van der Waals surface area contributed by atoms with Crippen LogP contribution in [0.3, 0.4) is 0 Å². The Balaban J connectivity index is 2.14. The number of rotatable bonds is 7. The lowest BCUT2D eigenvalue weighted by molar-refractivity contribution is 0.249. The van der Waals surface area contributed by atoms with Crippen LogP contribution in [0.5, 0.6) is 0 Å². The Morgan fingerprint density at radius 1 is 1.56 bits per heavy atom. The van der Waals surface area contributed by atoms with Crippen molar-refractivity contribution in [2.24, 2.45) is 5.92 Å². The third-order valence-corrected chi connectivity index (χ3v) is 5.67. The van der Waals surface area contributed by atoms with Crippen molar-refractivity contribution in [3.8, 4) is 0 Å². The molecule has 1 heterocycles. The van der Waals surface area contributed by atoms with Gasteiger partial charge in [-0.3, -0.25) is 0 Å². The number of hydrogen-bond donors (Lipinski definition) is 1. The summed E-state index contributed by atoms with van der Waals surface area (Å²) in [5.74, 6) is 0.669. The molecule has 0 bridgehead atoms. The predicted molar refractivity (Wildman–Crippen MR) is 81.2 cm³/mol. The van der Waals surface area contributed by atoms with Gasteiger partial charge in [0.05, 0.1) is 13.2 Å². The SMILES string of the molecule is CC(C)=CCCC(C)CCOP1(=S)N[C@@H](C)CO1. The molecule has 2 unspecified atom stereocenters. The van der Waals surface area contributed by atoms with Gasteiger partial charge in [0.2, 0.25) is 0 Å². The van der Waals surface area contributed by atoms with Gasteiger partial charge in [-0.2, -0.15) is 0 Å². The van der Waals surface area contributed by atoms with Crippen LogP contribution in [0, 0.1) is 5.92 Å². The minimum Gasteiger partial charge on any atom is -0.318 e. The zero-order valence-corrected chi connectivity index (χ0v) is 13.7. The van der Waals surface area contributed by atoms with Crippen LogP contribution in [0.4, 0.5) is 0 Å².